The molecule has 1 fully saturated rings. The third-order valence-corrected chi connectivity index (χ3v) is 7.04. The van der Waals surface area contributed by atoms with Crippen LogP contribution in [0.2, 0.25) is 0 Å². The summed E-state index contributed by atoms with van der Waals surface area (Å²) in [4.78, 5) is 13.4. The van der Waals surface area contributed by atoms with Gasteiger partial charge in [0.25, 0.3) is 0 Å². The molecule has 0 saturated carbocycles. The molecule has 0 radical (unpaired) electrons. The molecule has 8 heteroatoms. The molecular weight excluding hydrogens is 428 g/mol. The van der Waals surface area contributed by atoms with Gasteiger partial charge in [0.2, 0.25) is 12.5 Å². The van der Waals surface area contributed by atoms with Crippen LogP contribution >= 0.6 is 0 Å². The van der Waals surface area contributed by atoms with Gasteiger partial charge in [-0.2, -0.15) is 0 Å². The van der Waals surface area contributed by atoms with Crippen molar-refractivity contribution < 1.29 is 38.3 Å². The zero-order chi connectivity index (χ0) is 23.3. The Bertz CT molecular complexity index is 1100. The molecule has 2 aromatic carbocycles. The van der Waals surface area contributed by atoms with Gasteiger partial charge in [0.05, 0.1) is 39.5 Å². The predicted octanol–water partition coefficient (Wildman–Crippen LogP) is 3.36. The summed E-state index contributed by atoms with van der Waals surface area (Å²) in [6, 6.07) is 7.33. The molecule has 0 unspecified atom stereocenters. The molecule has 0 spiro atoms. The first-order valence-electron chi connectivity index (χ1n) is 10.7. The van der Waals surface area contributed by atoms with Gasteiger partial charge in [0.15, 0.2) is 23.0 Å². The Morgan fingerprint density at radius 2 is 1.67 bits per heavy atom. The van der Waals surface area contributed by atoms with Crippen LogP contribution in [-0.2, 0) is 9.53 Å². The summed E-state index contributed by atoms with van der Waals surface area (Å²) in [7, 11) is 4.63. The molecule has 8 nitrogen and oxygen atoms in total. The molecule has 4 atom stereocenters. The summed E-state index contributed by atoms with van der Waals surface area (Å²) in [5, 5.41) is 11.4. The SMILES string of the molecule is C=CC[C@]12C(=O)OC[C@@H]1[C@@H](O)c1cc3c(cc1[C@H]2c1cc(OC)c(OC)c(OC)c1)OCO3. The van der Waals surface area contributed by atoms with Gasteiger partial charge in [-0.25, -0.2) is 0 Å². The topological polar surface area (TPSA) is 92.7 Å². The second-order valence-corrected chi connectivity index (χ2v) is 8.41. The number of fused-ring (bicyclic) bond motifs is 3. The molecule has 1 saturated heterocycles. The molecule has 1 N–H and O–H groups in total. The van der Waals surface area contributed by atoms with Crippen LogP contribution in [0.1, 0.15) is 35.1 Å². The molecule has 174 valence electrons. The van der Waals surface area contributed by atoms with E-state index in [0.29, 0.717) is 40.7 Å². The summed E-state index contributed by atoms with van der Waals surface area (Å²) in [6.07, 6.45) is 1.11. The first-order valence-corrected chi connectivity index (χ1v) is 10.7. The number of hydrogen-bond acceptors (Lipinski definition) is 8. The number of methoxy groups -OCH3 is 3. The minimum absolute atomic E-state index is 0.104. The molecular formula is C25H26O8. The standard InChI is InChI=1S/C25H26O8/c1-5-6-25-16(11-31-24(25)27)22(26)15-10-18-17(32-12-33-18)9-14(15)21(25)13-7-19(28-2)23(30-4)20(8-13)29-3/h5,7-10,16,21-22,26H,1,6,11-12H2,2-4H3/t16-,21-,22+,25+/m1/s1. The van der Waals surface area contributed by atoms with E-state index in [1.54, 1.807) is 26.4 Å². The lowest BCUT2D eigenvalue weighted by Gasteiger charge is -2.45. The molecule has 2 aliphatic heterocycles. The quantitative estimate of drug-likeness (QED) is 0.525. The number of aliphatic hydroxyl groups is 1. The second-order valence-electron chi connectivity index (χ2n) is 8.41. The Morgan fingerprint density at radius 3 is 2.24 bits per heavy atom. The number of aliphatic hydroxyl groups excluding tert-OH is 1. The van der Waals surface area contributed by atoms with Crippen LogP contribution in [0, 0.1) is 11.3 Å². The lowest BCUT2D eigenvalue weighted by atomic mass is 9.55. The molecule has 0 amide bonds. The van der Waals surface area contributed by atoms with Gasteiger partial charge in [-0.1, -0.05) is 6.08 Å². The van der Waals surface area contributed by atoms with E-state index in [1.807, 2.05) is 18.2 Å². The molecule has 0 bridgehead atoms. The average molecular weight is 454 g/mol. The van der Waals surface area contributed by atoms with Crippen LogP contribution in [0.5, 0.6) is 28.7 Å². The maximum Gasteiger partial charge on any atom is 0.313 e. The highest BCUT2D eigenvalue weighted by Gasteiger charge is 2.63. The monoisotopic (exact) mass is 454 g/mol. The van der Waals surface area contributed by atoms with Crippen molar-refractivity contribution in [2.24, 2.45) is 11.3 Å². The van der Waals surface area contributed by atoms with Crippen molar-refractivity contribution in [3.63, 3.8) is 0 Å². The third-order valence-electron chi connectivity index (χ3n) is 7.04. The van der Waals surface area contributed by atoms with Crippen molar-refractivity contribution in [1.29, 1.82) is 0 Å². The van der Waals surface area contributed by atoms with Gasteiger partial charge in [0, 0.05) is 11.8 Å². The summed E-state index contributed by atoms with van der Waals surface area (Å²) >= 11 is 0. The van der Waals surface area contributed by atoms with Crippen molar-refractivity contribution in [3.05, 3.63) is 53.6 Å². The normalized spacial score (nSPS) is 26.8. The number of carbonyl (C=O) groups is 1. The van der Waals surface area contributed by atoms with Crippen molar-refractivity contribution >= 4 is 5.97 Å². The highest BCUT2D eigenvalue weighted by Crippen LogP contribution is 2.63. The van der Waals surface area contributed by atoms with Crippen molar-refractivity contribution in [3.8, 4) is 28.7 Å². The highest BCUT2D eigenvalue weighted by molar-refractivity contribution is 5.83. The van der Waals surface area contributed by atoms with Crippen molar-refractivity contribution in [2.75, 3.05) is 34.7 Å². The van der Waals surface area contributed by atoms with Gasteiger partial charge in [-0.3, -0.25) is 4.79 Å². The van der Waals surface area contributed by atoms with E-state index >= 15 is 0 Å². The lowest BCUT2D eigenvalue weighted by molar-refractivity contribution is -0.148. The van der Waals surface area contributed by atoms with Crippen LogP contribution in [0.4, 0.5) is 0 Å². The Morgan fingerprint density at radius 1 is 1.03 bits per heavy atom. The van der Waals surface area contributed by atoms with Crippen molar-refractivity contribution in [1.82, 2.24) is 0 Å². The van der Waals surface area contributed by atoms with Crippen molar-refractivity contribution in [2.45, 2.75) is 18.4 Å². The summed E-state index contributed by atoms with van der Waals surface area (Å²) in [5.41, 5.74) is 1.15. The van der Waals surface area contributed by atoms with E-state index in [0.717, 1.165) is 11.1 Å². The van der Waals surface area contributed by atoms with Gasteiger partial charge in [-0.15, -0.1) is 6.58 Å². The third kappa shape index (κ3) is 2.90. The second kappa shape index (κ2) is 7.88. The van der Waals surface area contributed by atoms with Crippen LogP contribution in [0.3, 0.4) is 0 Å². The number of cyclic esters (lactones) is 1. The number of allylic oxidation sites excluding steroid dienone is 1. The molecule has 2 heterocycles. The largest absolute Gasteiger partial charge is 0.493 e. The molecule has 1 aliphatic carbocycles. The Balaban J connectivity index is 1.82. The zero-order valence-corrected chi connectivity index (χ0v) is 18.8. The summed E-state index contributed by atoms with van der Waals surface area (Å²) < 4.78 is 33.4. The molecule has 0 aromatic heterocycles. The lowest BCUT2D eigenvalue weighted by Crippen LogP contribution is -2.46. The molecule has 2 aromatic rings. The molecule has 5 rings (SSSR count). The van der Waals surface area contributed by atoms with E-state index in [1.165, 1.54) is 7.11 Å². The van der Waals surface area contributed by atoms with Crippen LogP contribution < -0.4 is 23.7 Å². The molecule has 33 heavy (non-hydrogen) atoms. The van der Waals surface area contributed by atoms with Gasteiger partial charge in [0.1, 0.15) is 0 Å². The van der Waals surface area contributed by atoms with E-state index in [-0.39, 0.29) is 19.4 Å². The van der Waals surface area contributed by atoms with E-state index in [9.17, 15) is 9.90 Å². The maximum absolute atomic E-state index is 13.4. The predicted molar refractivity (Wildman–Crippen MR) is 117 cm³/mol. The first kappa shape index (κ1) is 21.5. The average Bonchev–Trinajstić information content (AvgIpc) is 3.42. The van der Waals surface area contributed by atoms with E-state index in [2.05, 4.69) is 6.58 Å². The summed E-state index contributed by atoms with van der Waals surface area (Å²) in [5.74, 6) is 1.20. The maximum atomic E-state index is 13.4. The smallest absolute Gasteiger partial charge is 0.313 e. The van der Waals surface area contributed by atoms with Gasteiger partial charge < -0.3 is 33.5 Å². The Kier molecular flexibility index (Phi) is 5.12. The van der Waals surface area contributed by atoms with Crippen LogP contribution in [-0.4, -0.2) is 45.8 Å². The fourth-order valence-corrected chi connectivity index (χ4v) is 5.61. The van der Waals surface area contributed by atoms with Crippen LogP contribution in [0.25, 0.3) is 0 Å². The highest BCUT2D eigenvalue weighted by atomic mass is 16.7. The number of hydrogen-bond donors (Lipinski definition) is 1. The summed E-state index contributed by atoms with van der Waals surface area (Å²) in [6.45, 7) is 4.12. The van der Waals surface area contributed by atoms with E-state index in [4.69, 9.17) is 28.4 Å². The minimum Gasteiger partial charge on any atom is -0.493 e. The fourth-order valence-electron chi connectivity index (χ4n) is 5.61. The van der Waals surface area contributed by atoms with Gasteiger partial charge in [-0.05, 0) is 47.4 Å². The molecule has 3 aliphatic rings. The number of ether oxygens (including phenoxy) is 6. The zero-order valence-electron chi connectivity index (χ0n) is 18.8. The number of esters is 1. The van der Waals surface area contributed by atoms with Gasteiger partial charge >= 0.3 is 5.97 Å². The fraction of sp³-hybridized carbons (Fsp3) is 0.400. The van der Waals surface area contributed by atoms with E-state index < -0.39 is 23.4 Å². The number of carbonyl (C=O) groups excluding carboxylic acids is 1. The Labute approximate surface area is 191 Å². The number of rotatable bonds is 6. The number of benzene rings is 2. The first-order chi connectivity index (χ1) is 16.0. The Hall–Kier alpha value is -3.39. The van der Waals surface area contributed by atoms with Crippen LogP contribution in [0.15, 0.2) is 36.9 Å². The minimum atomic E-state index is -1.06.